The topological polar surface area (TPSA) is 38.9 Å². The van der Waals surface area contributed by atoms with E-state index in [1.165, 1.54) is 37.7 Å². The van der Waals surface area contributed by atoms with Crippen LogP contribution >= 0.6 is 11.3 Å². The van der Waals surface area contributed by atoms with Crippen molar-refractivity contribution in [3.8, 4) is 22.6 Å². The Balaban J connectivity index is 1.28. The van der Waals surface area contributed by atoms with Gasteiger partial charge in [0.15, 0.2) is 0 Å². The summed E-state index contributed by atoms with van der Waals surface area (Å²) in [6.07, 6.45) is 1.35. The molecule has 0 saturated heterocycles. The molecule has 134 valence electrons. The van der Waals surface area contributed by atoms with Crippen LogP contribution in [0.1, 0.15) is 18.2 Å². The molecule has 2 heterocycles. The van der Waals surface area contributed by atoms with Crippen molar-refractivity contribution in [3.05, 3.63) is 72.6 Å². The largest absolute Gasteiger partial charge is 0.420 e. The SMILES string of the molecule is c1ccc2c(c1)sc1c(-c3ccc(-c4nnc(C5C6CC65)o4)cc3)cccc12. The van der Waals surface area contributed by atoms with Crippen LogP contribution in [0.5, 0.6) is 0 Å². The molecule has 0 aliphatic heterocycles. The fraction of sp³-hybridized carbons (Fsp3) is 0.167. The minimum absolute atomic E-state index is 0.547. The number of thiophene rings is 1. The van der Waals surface area contributed by atoms with Gasteiger partial charge in [0.25, 0.3) is 0 Å². The third-order valence-corrected chi connectivity index (χ3v) is 7.47. The van der Waals surface area contributed by atoms with Gasteiger partial charge in [0.2, 0.25) is 11.8 Å². The van der Waals surface area contributed by atoms with E-state index in [4.69, 9.17) is 4.42 Å². The van der Waals surface area contributed by atoms with Crippen molar-refractivity contribution in [3.63, 3.8) is 0 Å². The van der Waals surface area contributed by atoms with Gasteiger partial charge in [-0.15, -0.1) is 21.5 Å². The minimum Gasteiger partial charge on any atom is -0.420 e. The number of aromatic nitrogens is 2. The van der Waals surface area contributed by atoms with Gasteiger partial charge in [0.1, 0.15) is 0 Å². The highest BCUT2D eigenvalue weighted by atomic mass is 32.1. The Hall–Kier alpha value is -2.98. The van der Waals surface area contributed by atoms with Gasteiger partial charge >= 0.3 is 0 Å². The van der Waals surface area contributed by atoms with Crippen LogP contribution in [0, 0.1) is 11.8 Å². The monoisotopic (exact) mass is 380 g/mol. The molecule has 7 rings (SSSR count). The Morgan fingerprint density at radius 3 is 2.39 bits per heavy atom. The maximum Gasteiger partial charge on any atom is 0.247 e. The van der Waals surface area contributed by atoms with E-state index in [1.54, 1.807) is 0 Å². The van der Waals surface area contributed by atoms with Crippen LogP contribution in [0.25, 0.3) is 42.8 Å². The zero-order valence-corrected chi connectivity index (χ0v) is 15.8. The molecule has 2 unspecified atom stereocenters. The van der Waals surface area contributed by atoms with Crippen molar-refractivity contribution in [1.82, 2.24) is 10.2 Å². The number of benzene rings is 3. The molecule has 2 saturated carbocycles. The first-order valence-electron chi connectivity index (χ1n) is 9.71. The average molecular weight is 380 g/mol. The summed E-state index contributed by atoms with van der Waals surface area (Å²) >= 11 is 1.86. The van der Waals surface area contributed by atoms with E-state index < -0.39 is 0 Å². The van der Waals surface area contributed by atoms with E-state index in [9.17, 15) is 0 Å². The molecular formula is C24H16N2OS. The van der Waals surface area contributed by atoms with Gasteiger partial charge in [-0.2, -0.15) is 0 Å². The number of hydrogen-bond donors (Lipinski definition) is 0. The van der Waals surface area contributed by atoms with Gasteiger partial charge in [-0.1, -0.05) is 48.5 Å². The highest BCUT2D eigenvalue weighted by Crippen LogP contribution is 2.73. The van der Waals surface area contributed by atoms with Crippen molar-refractivity contribution in [2.45, 2.75) is 12.3 Å². The van der Waals surface area contributed by atoms with Crippen LogP contribution in [0.4, 0.5) is 0 Å². The molecule has 2 aromatic heterocycles. The Kier molecular flexibility index (Phi) is 2.84. The second-order valence-electron chi connectivity index (χ2n) is 7.89. The standard InChI is InChI=1S/C24H16N2OS/c1-2-7-20-16(4-1)17-6-3-5-15(22(17)28-20)13-8-10-14(11-9-13)23-25-26-24(27-23)21-18-12-19(18)21/h1-11,18-19,21H,12H2. The molecule has 3 aromatic carbocycles. The van der Waals surface area contributed by atoms with Gasteiger partial charge in [0.05, 0.1) is 0 Å². The molecule has 28 heavy (non-hydrogen) atoms. The van der Waals surface area contributed by atoms with Crippen LogP contribution in [-0.2, 0) is 0 Å². The lowest BCUT2D eigenvalue weighted by atomic mass is 10.0. The second kappa shape index (κ2) is 5.30. The van der Waals surface area contributed by atoms with Gasteiger partial charge in [0, 0.05) is 31.7 Å². The van der Waals surface area contributed by atoms with Crippen molar-refractivity contribution in [1.29, 1.82) is 0 Å². The number of fused-ring (bicyclic) bond motifs is 4. The predicted molar refractivity (Wildman–Crippen MR) is 112 cm³/mol. The molecule has 3 nitrogen and oxygen atoms in total. The predicted octanol–water partition coefficient (Wildman–Crippen LogP) is 6.50. The molecule has 5 aromatic rings. The third-order valence-electron chi connectivity index (χ3n) is 6.25. The Morgan fingerprint density at radius 2 is 1.57 bits per heavy atom. The summed E-state index contributed by atoms with van der Waals surface area (Å²) in [4.78, 5) is 0. The van der Waals surface area contributed by atoms with E-state index in [-0.39, 0.29) is 0 Å². The zero-order chi connectivity index (χ0) is 18.2. The zero-order valence-electron chi connectivity index (χ0n) is 15.0. The number of nitrogens with zero attached hydrogens (tertiary/aromatic N) is 2. The lowest BCUT2D eigenvalue weighted by molar-refractivity contribution is 0.478. The van der Waals surface area contributed by atoms with E-state index in [0.29, 0.717) is 11.8 Å². The molecule has 0 N–H and O–H groups in total. The molecule has 2 atom stereocenters. The summed E-state index contributed by atoms with van der Waals surface area (Å²) in [5.41, 5.74) is 3.47. The van der Waals surface area contributed by atoms with Crippen LogP contribution < -0.4 is 0 Å². The highest BCUT2D eigenvalue weighted by molar-refractivity contribution is 7.26. The average Bonchev–Trinajstić information content (AvgIpc) is 3.55. The van der Waals surface area contributed by atoms with Crippen molar-refractivity contribution >= 4 is 31.5 Å². The highest BCUT2D eigenvalue weighted by Gasteiger charge is 2.67. The van der Waals surface area contributed by atoms with E-state index in [1.807, 2.05) is 11.3 Å². The molecule has 2 fully saturated rings. The summed E-state index contributed by atoms with van der Waals surface area (Å²) in [7, 11) is 0. The Bertz CT molecular complexity index is 1360. The molecule has 4 heteroatoms. The van der Waals surface area contributed by atoms with Gasteiger partial charge in [-0.3, -0.25) is 0 Å². The summed E-state index contributed by atoms with van der Waals surface area (Å²) in [6.45, 7) is 0. The maximum absolute atomic E-state index is 5.93. The second-order valence-corrected chi connectivity index (χ2v) is 8.94. The van der Waals surface area contributed by atoms with Crippen molar-refractivity contribution in [2.24, 2.45) is 11.8 Å². The van der Waals surface area contributed by atoms with Crippen LogP contribution in [0.15, 0.2) is 71.1 Å². The minimum atomic E-state index is 0.547. The van der Waals surface area contributed by atoms with E-state index in [2.05, 4.69) is 76.9 Å². The Labute approximate surface area is 165 Å². The summed E-state index contributed by atoms with van der Waals surface area (Å²) in [5, 5.41) is 11.2. The summed E-state index contributed by atoms with van der Waals surface area (Å²) in [6, 6.07) is 23.7. The molecule has 0 bridgehead atoms. The normalized spacial score (nSPS) is 22.5. The van der Waals surface area contributed by atoms with Gasteiger partial charge in [-0.05, 0) is 47.6 Å². The van der Waals surface area contributed by atoms with Gasteiger partial charge in [-0.25, -0.2) is 0 Å². The third kappa shape index (κ3) is 2.09. The van der Waals surface area contributed by atoms with E-state index in [0.717, 1.165) is 23.3 Å². The maximum atomic E-state index is 5.93. The number of rotatable bonds is 3. The first kappa shape index (κ1) is 15.0. The first-order chi connectivity index (χ1) is 13.9. The molecule has 2 aliphatic rings. The molecular weight excluding hydrogens is 364 g/mol. The molecule has 0 radical (unpaired) electrons. The summed E-state index contributed by atoms with van der Waals surface area (Å²) < 4.78 is 8.60. The van der Waals surface area contributed by atoms with Crippen molar-refractivity contribution < 1.29 is 4.42 Å². The molecule has 2 aliphatic carbocycles. The van der Waals surface area contributed by atoms with Gasteiger partial charge < -0.3 is 4.42 Å². The summed E-state index contributed by atoms with van der Waals surface area (Å²) in [5.74, 6) is 3.67. The molecule has 0 spiro atoms. The van der Waals surface area contributed by atoms with Crippen LogP contribution in [-0.4, -0.2) is 10.2 Å². The quantitative estimate of drug-likeness (QED) is 0.358. The van der Waals surface area contributed by atoms with E-state index >= 15 is 0 Å². The lowest BCUT2D eigenvalue weighted by Gasteiger charge is -2.04. The van der Waals surface area contributed by atoms with Crippen LogP contribution in [0.2, 0.25) is 0 Å². The van der Waals surface area contributed by atoms with Crippen LogP contribution in [0.3, 0.4) is 0 Å². The first-order valence-corrected chi connectivity index (χ1v) is 10.5. The molecule has 0 amide bonds. The lowest BCUT2D eigenvalue weighted by Crippen LogP contribution is -1.87. The Morgan fingerprint density at radius 1 is 0.786 bits per heavy atom. The smallest absolute Gasteiger partial charge is 0.247 e. The number of hydrogen-bond acceptors (Lipinski definition) is 4. The van der Waals surface area contributed by atoms with Crippen molar-refractivity contribution in [2.75, 3.05) is 0 Å². The fourth-order valence-corrected chi connectivity index (χ4v) is 5.64. The fourth-order valence-electron chi connectivity index (χ4n) is 4.40.